The molecule has 0 spiro atoms. The van der Waals surface area contributed by atoms with Gasteiger partial charge in [-0.15, -0.1) is 24.0 Å². The van der Waals surface area contributed by atoms with Crippen LogP contribution in [0.2, 0.25) is 5.02 Å². The molecule has 7 heteroatoms. The van der Waals surface area contributed by atoms with Crippen molar-refractivity contribution in [3.05, 3.63) is 34.9 Å². The minimum Gasteiger partial charge on any atom is -0.357 e. The van der Waals surface area contributed by atoms with E-state index < -0.39 is 0 Å². The molecule has 30 heavy (non-hydrogen) atoms. The highest BCUT2D eigenvalue weighted by Crippen LogP contribution is 2.48. The van der Waals surface area contributed by atoms with E-state index in [0.717, 1.165) is 30.6 Å². The molecule has 1 heterocycles. The first-order valence-electron chi connectivity index (χ1n) is 11.4. The molecule has 1 saturated heterocycles. The summed E-state index contributed by atoms with van der Waals surface area (Å²) in [5.74, 6) is 0.942. The third-order valence-electron chi connectivity index (χ3n) is 6.28. The van der Waals surface area contributed by atoms with Crippen molar-refractivity contribution < 1.29 is 0 Å². The minimum absolute atomic E-state index is 0. The summed E-state index contributed by atoms with van der Waals surface area (Å²) in [5, 5.41) is 7.74. The van der Waals surface area contributed by atoms with Crippen LogP contribution in [0.1, 0.15) is 45.1 Å². The molecule has 1 aliphatic carbocycles. The normalized spacial score (nSPS) is 19.2. The molecule has 2 aliphatic rings. The van der Waals surface area contributed by atoms with Crippen molar-refractivity contribution in [1.29, 1.82) is 0 Å². The molecule has 0 unspecified atom stereocenters. The SMILES string of the molecule is CCNC(=NCC1(c2cccc(Cl)c2)CC1)NCCCCN1CCN(CC)CC1.I. The number of guanidine groups is 1. The maximum absolute atomic E-state index is 6.19. The van der Waals surface area contributed by atoms with E-state index in [1.165, 1.54) is 70.5 Å². The van der Waals surface area contributed by atoms with Gasteiger partial charge in [-0.25, -0.2) is 0 Å². The van der Waals surface area contributed by atoms with Crippen molar-refractivity contribution in [3.63, 3.8) is 0 Å². The second kappa shape index (κ2) is 13.1. The lowest BCUT2D eigenvalue weighted by Crippen LogP contribution is -2.46. The lowest BCUT2D eigenvalue weighted by atomic mass is 9.96. The highest BCUT2D eigenvalue weighted by Gasteiger charge is 2.44. The van der Waals surface area contributed by atoms with E-state index in [1.54, 1.807) is 0 Å². The van der Waals surface area contributed by atoms with Crippen molar-refractivity contribution in [2.75, 3.05) is 58.9 Å². The van der Waals surface area contributed by atoms with Crippen LogP contribution in [0.3, 0.4) is 0 Å². The van der Waals surface area contributed by atoms with Gasteiger partial charge in [-0.2, -0.15) is 0 Å². The second-order valence-corrected chi connectivity index (χ2v) is 8.83. The summed E-state index contributed by atoms with van der Waals surface area (Å²) in [6, 6.07) is 8.28. The molecule has 0 atom stereocenters. The van der Waals surface area contributed by atoms with Gasteiger partial charge in [-0.1, -0.05) is 30.7 Å². The molecule has 1 aromatic carbocycles. The maximum Gasteiger partial charge on any atom is 0.191 e. The number of nitrogens with zero attached hydrogens (tertiary/aromatic N) is 3. The first-order valence-corrected chi connectivity index (χ1v) is 11.8. The average molecular weight is 548 g/mol. The van der Waals surface area contributed by atoms with E-state index in [-0.39, 0.29) is 29.4 Å². The maximum atomic E-state index is 6.19. The predicted octanol–water partition coefficient (Wildman–Crippen LogP) is 3.96. The van der Waals surface area contributed by atoms with Crippen molar-refractivity contribution in [1.82, 2.24) is 20.4 Å². The lowest BCUT2D eigenvalue weighted by Gasteiger charge is -2.34. The van der Waals surface area contributed by atoms with Crippen LogP contribution in [0.15, 0.2) is 29.3 Å². The number of hydrogen-bond donors (Lipinski definition) is 2. The Morgan fingerprint density at radius 2 is 1.80 bits per heavy atom. The number of hydrogen-bond acceptors (Lipinski definition) is 3. The smallest absolute Gasteiger partial charge is 0.191 e. The molecule has 0 bridgehead atoms. The summed E-state index contributed by atoms with van der Waals surface area (Å²) >= 11 is 6.19. The van der Waals surface area contributed by atoms with Gasteiger partial charge in [0, 0.05) is 49.7 Å². The summed E-state index contributed by atoms with van der Waals surface area (Å²) in [5.41, 5.74) is 1.52. The molecule has 0 aromatic heterocycles. The molecule has 5 nitrogen and oxygen atoms in total. The Bertz CT molecular complexity index is 657. The molecule has 0 amide bonds. The van der Waals surface area contributed by atoms with Crippen molar-refractivity contribution in [3.8, 4) is 0 Å². The Labute approximate surface area is 205 Å². The van der Waals surface area contributed by atoms with E-state index in [0.29, 0.717) is 0 Å². The standard InChI is InChI=1S/C23H38ClN5.HI/c1-3-25-22(26-12-5-6-13-29-16-14-28(4-2)15-17-29)27-19-23(10-11-23)20-8-7-9-21(24)18-20;/h7-9,18H,3-6,10-17,19H2,1-2H3,(H2,25,26,27);1H. The summed E-state index contributed by atoms with van der Waals surface area (Å²) in [6.45, 7) is 14.3. The van der Waals surface area contributed by atoms with Crippen LogP contribution in [-0.2, 0) is 5.41 Å². The van der Waals surface area contributed by atoms with Crippen LogP contribution < -0.4 is 10.6 Å². The number of piperazine rings is 1. The number of benzene rings is 1. The zero-order valence-electron chi connectivity index (χ0n) is 18.6. The number of likely N-dealkylation sites (N-methyl/N-ethyl adjacent to an activating group) is 1. The Morgan fingerprint density at radius 1 is 1.07 bits per heavy atom. The first-order chi connectivity index (χ1) is 14.1. The quantitative estimate of drug-likeness (QED) is 0.201. The predicted molar refractivity (Wildman–Crippen MR) is 140 cm³/mol. The molecule has 2 fully saturated rings. The summed E-state index contributed by atoms with van der Waals surface area (Å²) in [7, 11) is 0. The number of halogens is 2. The van der Waals surface area contributed by atoms with Gasteiger partial charge in [0.2, 0.25) is 0 Å². The fourth-order valence-corrected chi connectivity index (χ4v) is 4.27. The first kappa shape index (κ1) is 25.7. The molecule has 170 valence electrons. The van der Waals surface area contributed by atoms with Gasteiger partial charge in [-0.05, 0) is 63.4 Å². The monoisotopic (exact) mass is 547 g/mol. The number of unbranched alkanes of at least 4 members (excludes halogenated alkanes) is 1. The Kier molecular flexibility index (Phi) is 11.2. The van der Waals surface area contributed by atoms with Gasteiger partial charge in [-0.3, -0.25) is 4.99 Å². The molecule has 0 radical (unpaired) electrons. The van der Waals surface area contributed by atoms with Crippen LogP contribution in [0, 0.1) is 0 Å². The topological polar surface area (TPSA) is 42.9 Å². The van der Waals surface area contributed by atoms with E-state index in [9.17, 15) is 0 Å². The Hall–Kier alpha value is -0.570. The third kappa shape index (κ3) is 7.84. The second-order valence-electron chi connectivity index (χ2n) is 8.40. The molecular formula is C23H39ClIN5. The Balaban J connectivity index is 0.00000320. The molecule has 3 rings (SSSR count). The summed E-state index contributed by atoms with van der Waals surface area (Å²) in [4.78, 5) is 10.0. The van der Waals surface area contributed by atoms with Gasteiger partial charge in [0.25, 0.3) is 0 Å². The average Bonchev–Trinajstić information content (AvgIpc) is 3.53. The van der Waals surface area contributed by atoms with Crippen molar-refractivity contribution >= 4 is 41.5 Å². The van der Waals surface area contributed by atoms with Crippen LogP contribution in [-0.4, -0.2) is 74.7 Å². The van der Waals surface area contributed by atoms with E-state index in [1.807, 2.05) is 12.1 Å². The fourth-order valence-electron chi connectivity index (χ4n) is 4.08. The van der Waals surface area contributed by atoms with Crippen LogP contribution in [0.25, 0.3) is 0 Å². The third-order valence-corrected chi connectivity index (χ3v) is 6.52. The lowest BCUT2D eigenvalue weighted by molar-refractivity contribution is 0.136. The molecular weight excluding hydrogens is 509 g/mol. The molecule has 2 N–H and O–H groups in total. The highest BCUT2D eigenvalue weighted by molar-refractivity contribution is 14.0. The molecule has 1 saturated carbocycles. The fraction of sp³-hybridized carbons (Fsp3) is 0.696. The van der Waals surface area contributed by atoms with E-state index in [2.05, 4.69) is 46.4 Å². The minimum atomic E-state index is 0. The van der Waals surface area contributed by atoms with E-state index >= 15 is 0 Å². The van der Waals surface area contributed by atoms with Gasteiger partial charge in [0.1, 0.15) is 0 Å². The van der Waals surface area contributed by atoms with Crippen LogP contribution >= 0.6 is 35.6 Å². The van der Waals surface area contributed by atoms with Gasteiger partial charge in [0.15, 0.2) is 5.96 Å². The highest BCUT2D eigenvalue weighted by atomic mass is 127. The van der Waals surface area contributed by atoms with Crippen molar-refractivity contribution in [2.45, 2.75) is 44.9 Å². The number of nitrogens with one attached hydrogen (secondary N) is 2. The number of rotatable bonds is 10. The van der Waals surface area contributed by atoms with Gasteiger partial charge >= 0.3 is 0 Å². The van der Waals surface area contributed by atoms with Gasteiger partial charge in [0.05, 0.1) is 6.54 Å². The van der Waals surface area contributed by atoms with Crippen LogP contribution in [0.4, 0.5) is 0 Å². The van der Waals surface area contributed by atoms with Gasteiger partial charge < -0.3 is 20.4 Å². The molecule has 1 aliphatic heterocycles. The zero-order chi connectivity index (χ0) is 20.5. The largest absolute Gasteiger partial charge is 0.357 e. The van der Waals surface area contributed by atoms with E-state index in [4.69, 9.17) is 16.6 Å². The molecule has 1 aromatic rings. The Morgan fingerprint density at radius 3 is 2.43 bits per heavy atom. The van der Waals surface area contributed by atoms with Crippen LogP contribution in [0.5, 0.6) is 0 Å². The zero-order valence-corrected chi connectivity index (χ0v) is 21.7. The summed E-state index contributed by atoms with van der Waals surface area (Å²) < 4.78 is 0. The summed E-state index contributed by atoms with van der Waals surface area (Å²) in [6.07, 6.45) is 4.81. The number of aliphatic imine (C=N–C) groups is 1. The van der Waals surface area contributed by atoms with Crippen molar-refractivity contribution in [2.24, 2.45) is 4.99 Å².